The number of rotatable bonds is 6. The summed E-state index contributed by atoms with van der Waals surface area (Å²) in [5.74, 6) is 2.16. The molecule has 0 fully saturated rings. The van der Waals surface area contributed by atoms with Crippen molar-refractivity contribution in [2.24, 2.45) is 4.99 Å². The Hall–Kier alpha value is -2.95. The van der Waals surface area contributed by atoms with Crippen LogP contribution in [0.2, 0.25) is 0 Å². The fraction of sp³-hybridized carbons (Fsp3) is 0.238. The number of aromatic nitrogens is 4. The van der Waals surface area contributed by atoms with Crippen LogP contribution in [0.15, 0.2) is 64.3 Å². The summed E-state index contributed by atoms with van der Waals surface area (Å²) in [5.41, 5.74) is 3.91. The molecule has 0 amide bonds. The number of oxazole rings is 1. The number of aryl methyl sites for hydroxylation is 1. The summed E-state index contributed by atoms with van der Waals surface area (Å²) < 4.78 is 7.56. The highest BCUT2D eigenvalue weighted by atomic mass is 127. The van der Waals surface area contributed by atoms with Gasteiger partial charge in [-0.25, -0.2) is 4.98 Å². The van der Waals surface area contributed by atoms with E-state index in [1.807, 2.05) is 40.9 Å². The van der Waals surface area contributed by atoms with Gasteiger partial charge in [0.1, 0.15) is 6.26 Å². The molecule has 0 saturated carbocycles. The Morgan fingerprint density at radius 1 is 1.10 bits per heavy atom. The van der Waals surface area contributed by atoms with Crippen LogP contribution in [0.5, 0.6) is 0 Å². The first-order valence-electron chi connectivity index (χ1n) is 9.47. The number of aliphatic imine (C=N–C) groups is 1. The highest BCUT2D eigenvalue weighted by Crippen LogP contribution is 2.19. The molecule has 4 rings (SSSR count). The van der Waals surface area contributed by atoms with E-state index >= 15 is 0 Å². The van der Waals surface area contributed by atoms with Crippen LogP contribution in [0.3, 0.4) is 0 Å². The summed E-state index contributed by atoms with van der Waals surface area (Å²) in [5, 5.41) is 14.9. The van der Waals surface area contributed by atoms with Crippen molar-refractivity contribution in [1.29, 1.82) is 0 Å². The van der Waals surface area contributed by atoms with Crippen molar-refractivity contribution in [3.8, 4) is 11.5 Å². The molecule has 3 aromatic heterocycles. The lowest BCUT2D eigenvalue weighted by Crippen LogP contribution is -2.38. The molecular weight excluding hydrogens is 493 g/mol. The Kier molecular flexibility index (Phi) is 7.39. The van der Waals surface area contributed by atoms with Crippen LogP contribution in [-0.2, 0) is 13.0 Å². The van der Waals surface area contributed by atoms with Gasteiger partial charge in [-0.3, -0.25) is 9.39 Å². The lowest BCUT2D eigenvalue weighted by atomic mass is 10.1. The standard InChI is InChI=1S/C21H23N7O.HI/c1-15-6-8-16(9-7-15)20-25-17(14-29-20)10-11-23-21(22-2)24-13-19-27-26-18-5-3-4-12-28(18)19;/h3-9,12,14H,10-11,13H2,1-2H3,(H2,22,23,24);1H. The highest BCUT2D eigenvalue weighted by molar-refractivity contribution is 14.0. The van der Waals surface area contributed by atoms with E-state index in [4.69, 9.17) is 4.42 Å². The second-order valence-electron chi connectivity index (χ2n) is 6.66. The minimum atomic E-state index is 0. The van der Waals surface area contributed by atoms with Gasteiger partial charge in [0.25, 0.3) is 0 Å². The number of fused-ring (bicyclic) bond motifs is 1. The molecular formula is C21H24IN7O. The van der Waals surface area contributed by atoms with E-state index in [0.29, 0.717) is 24.9 Å². The molecule has 4 aromatic rings. The van der Waals surface area contributed by atoms with Gasteiger partial charge >= 0.3 is 0 Å². The average Bonchev–Trinajstić information content (AvgIpc) is 3.38. The summed E-state index contributed by atoms with van der Waals surface area (Å²) >= 11 is 0. The Labute approximate surface area is 191 Å². The predicted octanol–water partition coefficient (Wildman–Crippen LogP) is 3.22. The molecule has 3 heterocycles. The van der Waals surface area contributed by atoms with E-state index in [2.05, 4.69) is 49.9 Å². The fourth-order valence-electron chi connectivity index (χ4n) is 2.95. The zero-order valence-corrected chi connectivity index (χ0v) is 19.2. The van der Waals surface area contributed by atoms with E-state index < -0.39 is 0 Å². The van der Waals surface area contributed by atoms with Gasteiger partial charge in [0.2, 0.25) is 5.89 Å². The van der Waals surface area contributed by atoms with Crippen molar-refractivity contribution in [3.63, 3.8) is 0 Å². The Morgan fingerprint density at radius 2 is 1.93 bits per heavy atom. The van der Waals surface area contributed by atoms with Crippen LogP contribution >= 0.6 is 24.0 Å². The maximum Gasteiger partial charge on any atom is 0.226 e. The van der Waals surface area contributed by atoms with Crippen molar-refractivity contribution in [3.05, 3.63) is 72.0 Å². The van der Waals surface area contributed by atoms with Crippen LogP contribution in [0.25, 0.3) is 17.1 Å². The molecule has 0 atom stereocenters. The van der Waals surface area contributed by atoms with Crippen LogP contribution in [0.4, 0.5) is 0 Å². The van der Waals surface area contributed by atoms with Crippen molar-refractivity contribution in [1.82, 2.24) is 30.2 Å². The topological polar surface area (TPSA) is 92.6 Å². The quantitative estimate of drug-likeness (QED) is 0.232. The zero-order chi connectivity index (χ0) is 20.1. The van der Waals surface area contributed by atoms with E-state index in [1.165, 1.54) is 5.56 Å². The molecule has 156 valence electrons. The van der Waals surface area contributed by atoms with Crippen molar-refractivity contribution in [2.75, 3.05) is 13.6 Å². The largest absolute Gasteiger partial charge is 0.444 e. The van der Waals surface area contributed by atoms with Gasteiger partial charge < -0.3 is 15.1 Å². The van der Waals surface area contributed by atoms with Gasteiger partial charge in [0, 0.05) is 31.8 Å². The molecule has 9 heteroatoms. The molecule has 0 unspecified atom stereocenters. The fourth-order valence-corrected chi connectivity index (χ4v) is 2.95. The SMILES string of the molecule is CN=C(NCCc1coc(-c2ccc(C)cc2)n1)NCc1nnc2ccccn12.I. The smallest absolute Gasteiger partial charge is 0.226 e. The van der Waals surface area contributed by atoms with Gasteiger partial charge in [0.05, 0.1) is 12.2 Å². The predicted molar refractivity (Wildman–Crippen MR) is 127 cm³/mol. The first kappa shape index (κ1) is 21.8. The molecule has 30 heavy (non-hydrogen) atoms. The number of halogens is 1. The second kappa shape index (κ2) is 10.2. The van der Waals surface area contributed by atoms with Gasteiger partial charge in [-0.05, 0) is 31.2 Å². The molecule has 8 nitrogen and oxygen atoms in total. The Bertz CT molecular complexity index is 1120. The molecule has 2 N–H and O–H groups in total. The van der Waals surface area contributed by atoms with E-state index in [0.717, 1.165) is 29.1 Å². The third-order valence-corrected chi connectivity index (χ3v) is 4.55. The van der Waals surface area contributed by atoms with Gasteiger partial charge in [-0.15, -0.1) is 34.2 Å². The molecule has 0 saturated heterocycles. The summed E-state index contributed by atoms with van der Waals surface area (Å²) in [7, 11) is 1.74. The van der Waals surface area contributed by atoms with Crippen molar-refractivity contribution >= 4 is 35.6 Å². The van der Waals surface area contributed by atoms with Crippen LogP contribution in [0.1, 0.15) is 17.1 Å². The zero-order valence-electron chi connectivity index (χ0n) is 16.9. The summed E-state index contributed by atoms with van der Waals surface area (Å²) in [6.07, 6.45) is 4.37. The van der Waals surface area contributed by atoms with Crippen molar-refractivity contribution < 1.29 is 4.42 Å². The molecule has 0 spiro atoms. The molecule has 0 aliphatic rings. The number of hydrogen-bond acceptors (Lipinski definition) is 5. The van der Waals surface area contributed by atoms with Crippen LogP contribution in [0, 0.1) is 6.92 Å². The minimum absolute atomic E-state index is 0. The van der Waals surface area contributed by atoms with Crippen LogP contribution < -0.4 is 10.6 Å². The number of nitrogens with zero attached hydrogens (tertiary/aromatic N) is 5. The average molecular weight is 517 g/mol. The second-order valence-corrected chi connectivity index (χ2v) is 6.66. The van der Waals surface area contributed by atoms with E-state index in [-0.39, 0.29) is 24.0 Å². The number of guanidine groups is 1. The van der Waals surface area contributed by atoms with Gasteiger partial charge in [-0.1, -0.05) is 23.8 Å². The molecule has 0 aliphatic heterocycles. The third-order valence-electron chi connectivity index (χ3n) is 4.55. The molecule has 1 aromatic carbocycles. The minimum Gasteiger partial charge on any atom is -0.444 e. The lowest BCUT2D eigenvalue weighted by Gasteiger charge is -2.10. The Morgan fingerprint density at radius 3 is 2.73 bits per heavy atom. The van der Waals surface area contributed by atoms with E-state index in [9.17, 15) is 0 Å². The maximum atomic E-state index is 5.61. The van der Waals surface area contributed by atoms with E-state index in [1.54, 1.807) is 13.3 Å². The number of nitrogens with one attached hydrogen (secondary N) is 2. The van der Waals surface area contributed by atoms with Crippen LogP contribution in [-0.4, -0.2) is 39.1 Å². The maximum absolute atomic E-state index is 5.61. The summed E-state index contributed by atoms with van der Waals surface area (Å²) in [4.78, 5) is 8.82. The number of pyridine rings is 1. The number of benzene rings is 1. The number of hydrogen-bond donors (Lipinski definition) is 2. The molecule has 0 aliphatic carbocycles. The first-order valence-corrected chi connectivity index (χ1v) is 9.47. The highest BCUT2D eigenvalue weighted by Gasteiger charge is 2.08. The third kappa shape index (κ3) is 5.15. The normalized spacial score (nSPS) is 11.3. The first-order chi connectivity index (χ1) is 14.2. The van der Waals surface area contributed by atoms with Gasteiger partial charge in [-0.2, -0.15) is 0 Å². The van der Waals surface area contributed by atoms with Crippen molar-refractivity contribution in [2.45, 2.75) is 19.9 Å². The molecule has 0 bridgehead atoms. The summed E-state index contributed by atoms with van der Waals surface area (Å²) in [6.45, 7) is 3.26. The lowest BCUT2D eigenvalue weighted by molar-refractivity contribution is 0.572. The molecule has 0 radical (unpaired) electrons. The monoisotopic (exact) mass is 517 g/mol. The van der Waals surface area contributed by atoms with Gasteiger partial charge in [0.15, 0.2) is 17.4 Å². The summed E-state index contributed by atoms with van der Waals surface area (Å²) in [6, 6.07) is 14.0. The Balaban J connectivity index is 0.00000256.